The minimum Gasteiger partial charge on any atom is -0.484 e. The van der Waals surface area contributed by atoms with E-state index >= 15 is 0 Å². The molecule has 6 heteroatoms. The smallest absolute Gasteiger partial charge is 0.323 e. The summed E-state index contributed by atoms with van der Waals surface area (Å²) in [6.07, 6.45) is 3.13. The Bertz CT molecular complexity index is 1010. The quantitative estimate of drug-likeness (QED) is 0.715. The van der Waals surface area contributed by atoms with E-state index in [0.717, 1.165) is 37.9 Å². The van der Waals surface area contributed by atoms with Gasteiger partial charge in [0.15, 0.2) is 6.61 Å². The van der Waals surface area contributed by atoms with Gasteiger partial charge in [0.25, 0.3) is 5.91 Å². The fraction of sp³-hybridized carbons (Fsp3) is 0.364. The predicted molar refractivity (Wildman–Crippen MR) is 109 cm³/mol. The first-order valence-electron chi connectivity index (χ1n) is 9.75. The van der Waals surface area contributed by atoms with Crippen LogP contribution in [0.3, 0.4) is 0 Å². The number of amides is 1. The van der Waals surface area contributed by atoms with Crippen molar-refractivity contribution in [3.05, 3.63) is 64.1 Å². The lowest BCUT2D eigenvalue weighted by Crippen LogP contribution is -2.41. The molecular formula is C22H25N3O3. The van der Waals surface area contributed by atoms with Crippen molar-refractivity contribution in [1.82, 2.24) is 14.9 Å². The molecule has 0 radical (unpaired) electrons. The second-order valence-corrected chi connectivity index (χ2v) is 7.59. The Hall–Kier alpha value is -3.02. The van der Waals surface area contributed by atoms with Crippen LogP contribution in [0.2, 0.25) is 0 Å². The molecule has 2 aromatic carbocycles. The molecule has 1 aromatic heterocycles. The second kappa shape index (κ2) is 7.92. The fourth-order valence-corrected chi connectivity index (χ4v) is 3.78. The molecule has 0 unspecified atom stereocenters. The maximum atomic E-state index is 12.5. The monoisotopic (exact) mass is 379 g/mol. The fourth-order valence-electron chi connectivity index (χ4n) is 3.78. The molecule has 4 rings (SSSR count). The lowest BCUT2D eigenvalue weighted by atomic mass is 9.90. The van der Waals surface area contributed by atoms with Gasteiger partial charge in [0.2, 0.25) is 0 Å². The van der Waals surface area contributed by atoms with Crippen LogP contribution in [0.25, 0.3) is 11.0 Å². The van der Waals surface area contributed by atoms with E-state index in [4.69, 9.17) is 4.74 Å². The molecule has 1 amide bonds. The third-order valence-electron chi connectivity index (χ3n) is 5.46. The zero-order valence-electron chi connectivity index (χ0n) is 16.0. The Morgan fingerprint density at radius 3 is 2.54 bits per heavy atom. The van der Waals surface area contributed by atoms with Crippen LogP contribution in [0.4, 0.5) is 0 Å². The van der Waals surface area contributed by atoms with E-state index in [2.05, 4.69) is 41.2 Å². The summed E-state index contributed by atoms with van der Waals surface area (Å²) in [5.41, 5.74) is 3.80. The Morgan fingerprint density at radius 2 is 1.79 bits per heavy atom. The Labute approximate surface area is 163 Å². The van der Waals surface area contributed by atoms with E-state index in [1.807, 2.05) is 4.90 Å². The number of fused-ring (bicyclic) bond motifs is 1. The van der Waals surface area contributed by atoms with Crippen LogP contribution >= 0.6 is 0 Å². The van der Waals surface area contributed by atoms with Gasteiger partial charge in [-0.05, 0) is 49.8 Å². The topological polar surface area (TPSA) is 78.2 Å². The number of H-pyrrole nitrogens is 2. The standard InChI is InChI=1S/C22H25N3O3/c1-15-2-4-16(5-3-15)12-17-8-10-25(11-9-17)21(26)14-28-18-6-7-19-20(13-18)24-22(27)23-19/h2-7,13,17H,8-12,14H2,1H3,(H2,23,24,27). The first-order chi connectivity index (χ1) is 13.6. The summed E-state index contributed by atoms with van der Waals surface area (Å²) in [5.74, 6) is 1.21. The number of nitrogens with zero attached hydrogens (tertiary/aromatic N) is 1. The number of hydrogen-bond donors (Lipinski definition) is 2. The van der Waals surface area contributed by atoms with E-state index in [1.54, 1.807) is 18.2 Å². The van der Waals surface area contributed by atoms with Crippen molar-refractivity contribution in [2.75, 3.05) is 19.7 Å². The first kappa shape index (κ1) is 18.3. The third-order valence-corrected chi connectivity index (χ3v) is 5.46. The summed E-state index contributed by atoms with van der Waals surface area (Å²) in [5, 5.41) is 0. The van der Waals surface area contributed by atoms with Gasteiger partial charge >= 0.3 is 5.69 Å². The number of hydrogen-bond acceptors (Lipinski definition) is 3. The number of piperidine rings is 1. The summed E-state index contributed by atoms with van der Waals surface area (Å²) in [6.45, 7) is 3.68. The van der Waals surface area contributed by atoms with Gasteiger partial charge in [-0.1, -0.05) is 29.8 Å². The molecule has 0 saturated carbocycles. The molecule has 0 bridgehead atoms. The van der Waals surface area contributed by atoms with Gasteiger partial charge in [-0.2, -0.15) is 0 Å². The van der Waals surface area contributed by atoms with Gasteiger partial charge < -0.3 is 19.6 Å². The molecule has 1 aliphatic rings. The third kappa shape index (κ3) is 4.27. The molecule has 146 valence electrons. The number of aryl methyl sites for hydroxylation is 1. The van der Waals surface area contributed by atoms with Crippen LogP contribution in [0, 0.1) is 12.8 Å². The van der Waals surface area contributed by atoms with Crippen LogP contribution < -0.4 is 10.4 Å². The number of likely N-dealkylation sites (tertiary alicyclic amines) is 1. The lowest BCUT2D eigenvalue weighted by molar-refractivity contribution is -0.134. The van der Waals surface area contributed by atoms with Crippen LogP contribution in [-0.4, -0.2) is 40.5 Å². The maximum Gasteiger partial charge on any atom is 0.323 e. The van der Waals surface area contributed by atoms with E-state index in [1.165, 1.54) is 11.1 Å². The van der Waals surface area contributed by atoms with Crippen LogP contribution in [-0.2, 0) is 11.2 Å². The van der Waals surface area contributed by atoms with Crippen LogP contribution in [0.5, 0.6) is 5.75 Å². The zero-order valence-corrected chi connectivity index (χ0v) is 16.0. The van der Waals surface area contributed by atoms with Crippen molar-refractivity contribution in [3.63, 3.8) is 0 Å². The van der Waals surface area contributed by atoms with E-state index < -0.39 is 0 Å². The van der Waals surface area contributed by atoms with Gasteiger partial charge in [-0.25, -0.2) is 4.79 Å². The average Bonchev–Trinajstić information content (AvgIpc) is 3.08. The second-order valence-electron chi connectivity index (χ2n) is 7.59. The average molecular weight is 379 g/mol. The number of ether oxygens (including phenoxy) is 1. The van der Waals surface area contributed by atoms with Gasteiger partial charge in [0, 0.05) is 19.2 Å². The Kier molecular flexibility index (Phi) is 5.19. The highest BCUT2D eigenvalue weighted by atomic mass is 16.5. The van der Waals surface area contributed by atoms with E-state index in [9.17, 15) is 9.59 Å². The predicted octanol–water partition coefficient (Wildman–Crippen LogP) is 3.02. The number of imidazole rings is 1. The highest BCUT2D eigenvalue weighted by Gasteiger charge is 2.23. The van der Waals surface area contributed by atoms with Crippen LogP contribution in [0.15, 0.2) is 47.3 Å². The highest BCUT2D eigenvalue weighted by molar-refractivity contribution is 5.79. The van der Waals surface area contributed by atoms with Gasteiger partial charge in [-0.3, -0.25) is 4.79 Å². The lowest BCUT2D eigenvalue weighted by Gasteiger charge is -2.32. The van der Waals surface area contributed by atoms with E-state index in [0.29, 0.717) is 17.2 Å². The molecule has 28 heavy (non-hydrogen) atoms. The number of rotatable bonds is 5. The van der Waals surface area contributed by atoms with Crippen molar-refractivity contribution in [2.24, 2.45) is 5.92 Å². The van der Waals surface area contributed by atoms with Crippen molar-refractivity contribution in [3.8, 4) is 5.75 Å². The summed E-state index contributed by atoms with van der Waals surface area (Å²) in [6, 6.07) is 14.0. The summed E-state index contributed by atoms with van der Waals surface area (Å²) in [4.78, 5) is 31.1. The zero-order chi connectivity index (χ0) is 19.5. The minimum atomic E-state index is -0.253. The molecule has 1 fully saturated rings. The number of carbonyl (C=O) groups is 1. The van der Waals surface area contributed by atoms with E-state index in [-0.39, 0.29) is 18.2 Å². The molecule has 0 atom stereocenters. The number of aromatic nitrogens is 2. The van der Waals surface area contributed by atoms with Crippen molar-refractivity contribution >= 4 is 16.9 Å². The minimum absolute atomic E-state index is 0.0106. The SMILES string of the molecule is Cc1ccc(CC2CCN(C(=O)COc3ccc4[nH]c(=O)[nH]c4c3)CC2)cc1. The molecular weight excluding hydrogens is 354 g/mol. The normalized spacial score (nSPS) is 15.1. The maximum absolute atomic E-state index is 12.5. The summed E-state index contributed by atoms with van der Waals surface area (Å²) in [7, 11) is 0. The molecule has 0 spiro atoms. The summed E-state index contributed by atoms with van der Waals surface area (Å²) < 4.78 is 5.64. The molecule has 6 nitrogen and oxygen atoms in total. The van der Waals surface area contributed by atoms with Crippen molar-refractivity contribution < 1.29 is 9.53 Å². The molecule has 1 saturated heterocycles. The van der Waals surface area contributed by atoms with Crippen molar-refractivity contribution in [2.45, 2.75) is 26.2 Å². The van der Waals surface area contributed by atoms with Gasteiger partial charge in [0.1, 0.15) is 5.75 Å². The summed E-state index contributed by atoms with van der Waals surface area (Å²) >= 11 is 0. The first-order valence-corrected chi connectivity index (χ1v) is 9.75. The van der Waals surface area contributed by atoms with Crippen LogP contribution in [0.1, 0.15) is 24.0 Å². The molecule has 2 N–H and O–H groups in total. The van der Waals surface area contributed by atoms with Crippen molar-refractivity contribution in [1.29, 1.82) is 0 Å². The number of aromatic amines is 2. The Morgan fingerprint density at radius 1 is 1.07 bits per heavy atom. The van der Waals surface area contributed by atoms with Gasteiger partial charge in [-0.15, -0.1) is 0 Å². The molecule has 0 aliphatic carbocycles. The van der Waals surface area contributed by atoms with Gasteiger partial charge in [0.05, 0.1) is 11.0 Å². The number of benzene rings is 2. The molecule has 1 aliphatic heterocycles. The number of carbonyl (C=O) groups excluding carboxylic acids is 1. The molecule has 2 heterocycles. The Balaban J connectivity index is 1.26. The molecule has 3 aromatic rings. The largest absolute Gasteiger partial charge is 0.484 e. The number of nitrogens with one attached hydrogen (secondary N) is 2. The highest BCUT2D eigenvalue weighted by Crippen LogP contribution is 2.22.